The van der Waals surface area contributed by atoms with E-state index in [2.05, 4.69) is 21.4 Å². The molecule has 2 N–H and O–H groups in total. The SMILES string of the molecule is Cc1[nH]c2ccccc2c1[C@H](Nc1ccccn1)c1ccccc1F. The van der Waals surface area contributed by atoms with E-state index in [1.807, 2.05) is 55.5 Å². The average Bonchev–Trinajstić information content (AvgIpc) is 2.97. The molecule has 0 aliphatic carbocycles. The summed E-state index contributed by atoms with van der Waals surface area (Å²) in [6.45, 7) is 2.02. The first-order chi connectivity index (χ1) is 12.2. The lowest BCUT2D eigenvalue weighted by atomic mass is 9.95. The lowest BCUT2D eigenvalue weighted by Gasteiger charge is -2.21. The van der Waals surface area contributed by atoms with Crippen LogP contribution in [0.5, 0.6) is 0 Å². The van der Waals surface area contributed by atoms with Gasteiger partial charge < -0.3 is 10.3 Å². The summed E-state index contributed by atoms with van der Waals surface area (Å²) in [6, 6.07) is 20.3. The fraction of sp³-hybridized carbons (Fsp3) is 0.0952. The Morgan fingerprint density at radius 2 is 1.72 bits per heavy atom. The van der Waals surface area contributed by atoms with Gasteiger partial charge in [0.15, 0.2) is 0 Å². The number of aromatic amines is 1. The van der Waals surface area contributed by atoms with Crippen LogP contribution in [-0.4, -0.2) is 9.97 Å². The van der Waals surface area contributed by atoms with Crippen molar-refractivity contribution in [2.75, 3.05) is 5.32 Å². The van der Waals surface area contributed by atoms with Gasteiger partial charge in [-0.1, -0.05) is 42.5 Å². The quantitative estimate of drug-likeness (QED) is 0.539. The van der Waals surface area contributed by atoms with Gasteiger partial charge in [-0.2, -0.15) is 0 Å². The van der Waals surface area contributed by atoms with Crippen molar-refractivity contribution in [2.45, 2.75) is 13.0 Å². The van der Waals surface area contributed by atoms with E-state index in [1.165, 1.54) is 6.07 Å². The number of halogens is 1. The third-order valence-corrected chi connectivity index (χ3v) is 4.41. The highest BCUT2D eigenvalue weighted by Crippen LogP contribution is 2.35. The first-order valence-corrected chi connectivity index (χ1v) is 8.23. The second-order valence-corrected chi connectivity index (χ2v) is 6.02. The maximum atomic E-state index is 14.6. The molecule has 4 heteroatoms. The molecule has 0 saturated carbocycles. The van der Waals surface area contributed by atoms with Crippen molar-refractivity contribution >= 4 is 16.7 Å². The summed E-state index contributed by atoms with van der Waals surface area (Å²) in [5.41, 5.74) is 3.68. The normalized spacial score (nSPS) is 12.2. The molecule has 124 valence electrons. The Bertz CT molecular complexity index is 1010. The Labute approximate surface area is 145 Å². The van der Waals surface area contributed by atoms with Crippen LogP contribution in [0.1, 0.15) is 22.9 Å². The van der Waals surface area contributed by atoms with Crippen LogP contribution >= 0.6 is 0 Å². The van der Waals surface area contributed by atoms with Crippen LogP contribution in [0, 0.1) is 12.7 Å². The molecule has 2 aromatic heterocycles. The molecule has 25 heavy (non-hydrogen) atoms. The van der Waals surface area contributed by atoms with E-state index in [0.29, 0.717) is 11.4 Å². The number of hydrogen-bond donors (Lipinski definition) is 2. The van der Waals surface area contributed by atoms with Gasteiger partial charge in [-0.3, -0.25) is 0 Å². The summed E-state index contributed by atoms with van der Waals surface area (Å²) < 4.78 is 14.6. The van der Waals surface area contributed by atoms with Crippen LogP contribution < -0.4 is 5.32 Å². The van der Waals surface area contributed by atoms with Crippen LogP contribution in [0.3, 0.4) is 0 Å². The fourth-order valence-electron chi connectivity index (χ4n) is 3.28. The summed E-state index contributed by atoms with van der Waals surface area (Å²) in [4.78, 5) is 7.75. The molecule has 0 saturated heterocycles. The number of pyridine rings is 1. The van der Waals surface area contributed by atoms with Gasteiger partial charge in [0.05, 0.1) is 6.04 Å². The Balaban J connectivity index is 1.91. The summed E-state index contributed by atoms with van der Waals surface area (Å²) in [5, 5.41) is 4.48. The topological polar surface area (TPSA) is 40.7 Å². The van der Waals surface area contributed by atoms with E-state index in [-0.39, 0.29) is 11.9 Å². The van der Waals surface area contributed by atoms with Crippen molar-refractivity contribution in [2.24, 2.45) is 0 Å². The zero-order valence-corrected chi connectivity index (χ0v) is 13.8. The van der Waals surface area contributed by atoms with Gasteiger partial charge in [0.1, 0.15) is 11.6 Å². The highest BCUT2D eigenvalue weighted by atomic mass is 19.1. The van der Waals surface area contributed by atoms with Crippen molar-refractivity contribution in [1.29, 1.82) is 0 Å². The summed E-state index contributed by atoms with van der Waals surface area (Å²) >= 11 is 0. The van der Waals surface area contributed by atoms with Gasteiger partial charge in [0.25, 0.3) is 0 Å². The number of benzene rings is 2. The molecule has 1 atom stereocenters. The van der Waals surface area contributed by atoms with Gasteiger partial charge in [0.2, 0.25) is 0 Å². The minimum absolute atomic E-state index is 0.236. The maximum absolute atomic E-state index is 14.6. The van der Waals surface area contributed by atoms with Gasteiger partial charge in [0, 0.05) is 33.9 Å². The van der Waals surface area contributed by atoms with Crippen molar-refractivity contribution in [1.82, 2.24) is 9.97 Å². The number of rotatable bonds is 4. The summed E-state index contributed by atoms with van der Waals surface area (Å²) in [5.74, 6) is 0.473. The summed E-state index contributed by atoms with van der Waals surface area (Å²) in [7, 11) is 0. The Morgan fingerprint density at radius 3 is 2.52 bits per heavy atom. The Kier molecular flexibility index (Phi) is 3.94. The van der Waals surface area contributed by atoms with Gasteiger partial charge in [-0.25, -0.2) is 9.37 Å². The predicted molar refractivity (Wildman–Crippen MR) is 99.1 cm³/mol. The van der Waals surface area contributed by atoms with E-state index in [9.17, 15) is 4.39 Å². The van der Waals surface area contributed by atoms with E-state index >= 15 is 0 Å². The number of hydrogen-bond acceptors (Lipinski definition) is 2. The number of nitrogens with one attached hydrogen (secondary N) is 2. The largest absolute Gasteiger partial charge is 0.359 e. The van der Waals surface area contributed by atoms with E-state index < -0.39 is 0 Å². The molecule has 4 aromatic rings. The van der Waals surface area contributed by atoms with Crippen molar-refractivity contribution < 1.29 is 4.39 Å². The molecular formula is C21H18FN3. The molecule has 2 aromatic carbocycles. The first kappa shape index (κ1) is 15.4. The van der Waals surface area contributed by atoms with Gasteiger partial charge in [-0.05, 0) is 31.2 Å². The number of H-pyrrole nitrogens is 1. The van der Waals surface area contributed by atoms with E-state index in [1.54, 1.807) is 12.3 Å². The molecular weight excluding hydrogens is 313 g/mol. The number of aromatic nitrogens is 2. The van der Waals surface area contributed by atoms with E-state index in [4.69, 9.17) is 0 Å². The number of para-hydroxylation sites is 1. The molecule has 0 aliphatic heterocycles. The molecule has 4 rings (SSSR count). The van der Waals surface area contributed by atoms with E-state index in [0.717, 1.165) is 22.2 Å². The minimum Gasteiger partial charge on any atom is -0.359 e. The van der Waals surface area contributed by atoms with Gasteiger partial charge >= 0.3 is 0 Å². The van der Waals surface area contributed by atoms with Crippen LogP contribution in [0.25, 0.3) is 10.9 Å². The fourth-order valence-corrected chi connectivity index (χ4v) is 3.28. The Morgan fingerprint density at radius 1 is 0.960 bits per heavy atom. The zero-order chi connectivity index (χ0) is 17.2. The summed E-state index contributed by atoms with van der Waals surface area (Å²) in [6.07, 6.45) is 1.73. The van der Waals surface area contributed by atoms with Crippen molar-refractivity contribution in [3.63, 3.8) is 0 Å². The third kappa shape index (κ3) is 2.87. The molecule has 0 radical (unpaired) electrons. The number of nitrogens with zero attached hydrogens (tertiary/aromatic N) is 1. The van der Waals surface area contributed by atoms with Crippen LogP contribution in [-0.2, 0) is 0 Å². The molecule has 0 bridgehead atoms. The highest BCUT2D eigenvalue weighted by Gasteiger charge is 2.23. The molecule has 0 amide bonds. The second kappa shape index (κ2) is 6.40. The lowest BCUT2D eigenvalue weighted by Crippen LogP contribution is -2.15. The average molecular weight is 331 g/mol. The smallest absolute Gasteiger partial charge is 0.128 e. The zero-order valence-electron chi connectivity index (χ0n) is 13.8. The molecule has 2 heterocycles. The van der Waals surface area contributed by atoms with Crippen LogP contribution in [0.4, 0.5) is 10.2 Å². The monoisotopic (exact) mass is 331 g/mol. The molecule has 0 aliphatic rings. The molecule has 3 nitrogen and oxygen atoms in total. The number of fused-ring (bicyclic) bond motifs is 1. The third-order valence-electron chi connectivity index (χ3n) is 4.41. The van der Waals surface area contributed by atoms with Crippen LogP contribution in [0.15, 0.2) is 72.9 Å². The number of aryl methyl sites for hydroxylation is 1. The highest BCUT2D eigenvalue weighted by molar-refractivity contribution is 5.86. The Hall–Kier alpha value is -3.14. The van der Waals surface area contributed by atoms with Crippen LogP contribution in [0.2, 0.25) is 0 Å². The van der Waals surface area contributed by atoms with Crippen molar-refractivity contribution in [3.8, 4) is 0 Å². The number of anilines is 1. The maximum Gasteiger partial charge on any atom is 0.128 e. The second-order valence-electron chi connectivity index (χ2n) is 6.02. The molecule has 0 fully saturated rings. The van der Waals surface area contributed by atoms with Crippen molar-refractivity contribution in [3.05, 3.63) is 95.6 Å². The standard InChI is InChI=1S/C21H18FN3/c1-14-20(16-9-3-5-11-18(16)24-14)21(15-8-2-4-10-17(15)22)25-19-12-6-7-13-23-19/h2-13,21,24H,1H3,(H,23,25)/t21-/m1/s1. The molecule has 0 unspecified atom stereocenters. The first-order valence-electron chi connectivity index (χ1n) is 8.23. The predicted octanol–water partition coefficient (Wildman–Crippen LogP) is 5.21. The lowest BCUT2D eigenvalue weighted by molar-refractivity contribution is 0.604. The molecule has 0 spiro atoms. The van der Waals surface area contributed by atoms with Gasteiger partial charge in [-0.15, -0.1) is 0 Å². The minimum atomic E-state index is -0.341.